The molecule has 1 aliphatic heterocycles. The van der Waals surface area contributed by atoms with Crippen LogP contribution in [0.3, 0.4) is 0 Å². The van der Waals surface area contributed by atoms with Crippen molar-refractivity contribution in [2.24, 2.45) is 5.16 Å². The molecule has 4 heteroatoms. The van der Waals surface area contributed by atoms with Crippen LogP contribution in [0, 0.1) is 0 Å². The zero-order valence-corrected chi connectivity index (χ0v) is 6.99. The van der Waals surface area contributed by atoms with Crippen molar-refractivity contribution in [1.82, 2.24) is 4.90 Å². The van der Waals surface area contributed by atoms with Crippen molar-refractivity contribution in [2.45, 2.75) is 6.42 Å². The van der Waals surface area contributed by atoms with Crippen molar-refractivity contribution < 1.29 is 9.63 Å². The van der Waals surface area contributed by atoms with Crippen molar-refractivity contribution in [3.05, 3.63) is 11.6 Å². The van der Waals surface area contributed by atoms with Gasteiger partial charge in [0.25, 0.3) is 0 Å². The Morgan fingerprint density at radius 2 is 2.67 bits per heavy atom. The molecule has 0 spiro atoms. The molecule has 0 fully saturated rings. The summed E-state index contributed by atoms with van der Waals surface area (Å²) in [6.07, 6.45) is 6.36. The molecule has 1 rings (SSSR count). The summed E-state index contributed by atoms with van der Waals surface area (Å²) in [6, 6.07) is 0. The largest absolute Gasteiger partial charge is 0.399 e. The smallest absolute Gasteiger partial charge is 0.312 e. The molecule has 1 aliphatic rings. The summed E-state index contributed by atoms with van der Waals surface area (Å²) in [7, 11) is 1.49. The van der Waals surface area contributed by atoms with Crippen molar-refractivity contribution in [1.29, 1.82) is 0 Å². The van der Waals surface area contributed by atoms with E-state index in [2.05, 4.69) is 9.99 Å². The van der Waals surface area contributed by atoms with Gasteiger partial charge in [0.1, 0.15) is 7.11 Å². The highest BCUT2D eigenvalue weighted by Crippen LogP contribution is 2.05. The summed E-state index contributed by atoms with van der Waals surface area (Å²) >= 11 is 0. The molecule has 1 amide bonds. The fourth-order valence-electron chi connectivity index (χ4n) is 1.06. The van der Waals surface area contributed by atoms with E-state index in [0.29, 0.717) is 6.54 Å². The molecule has 0 saturated carbocycles. The molecule has 12 heavy (non-hydrogen) atoms. The van der Waals surface area contributed by atoms with Crippen LogP contribution >= 0.6 is 0 Å². The number of amides is 1. The molecule has 4 nitrogen and oxygen atoms in total. The number of hydrogen-bond donors (Lipinski definition) is 0. The number of nitrogens with zero attached hydrogens (tertiary/aromatic N) is 2. The van der Waals surface area contributed by atoms with Gasteiger partial charge in [0.15, 0.2) is 0 Å². The molecule has 0 atom stereocenters. The Bertz CT molecular complexity index is 211. The summed E-state index contributed by atoms with van der Waals surface area (Å²) in [5, 5.41) is 3.61. The van der Waals surface area contributed by atoms with Crippen LogP contribution in [-0.2, 0) is 9.63 Å². The van der Waals surface area contributed by atoms with Crippen molar-refractivity contribution in [3.8, 4) is 0 Å². The lowest BCUT2D eigenvalue weighted by molar-refractivity contribution is 0.215. The predicted molar refractivity (Wildman–Crippen MR) is 45.5 cm³/mol. The maximum absolute atomic E-state index is 10.3. The van der Waals surface area contributed by atoms with Crippen molar-refractivity contribution in [3.63, 3.8) is 0 Å². The van der Waals surface area contributed by atoms with Crippen LogP contribution in [0.4, 0.5) is 0 Å². The summed E-state index contributed by atoms with van der Waals surface area (Å²) in [6.45, 7) is 1.32. The molecule has 0 aromatic heterocycles. The molecule has 0 bridgehead atoms. The average Bonchev–Trinajstić information content (AvgIpc) is 2.15. The highest BCUT2D eigenvalue weighted by molar-refractivity contribution is 5.79. The lowest BCUT2D eigenvalue weighted by atomic mass is 10.1. The van der Waals surface area contributed by atoms with Gasteiger partial charge in [0.05, 0.1) is 6.21 Å². The van der Waals surface area contributed by atoms with Gasteiger partial charge in [-0.2, -0.15) is 0 Å². The molecule has 1 heterocycles. The minimum atomic E-state index is 0.580. The van der Waals surface area contributed by atoms with Gasteiger partial charge in [-0.1, -0.05) is 11.2 Å². The van der Waals surface area contributed by atoms with E-state index in [1.165, 1.54) is 7.11 Å². The zero-order chi connectivity index (χ0) is 8.81. The zero-order valence-electron chi connectivity index (χ0n) is 6.99. The molecule has 1 radical (unpaired) electrons. The second-order valence-corrected chi connectivity index (χ2v) is 2.50. The summed E-state index contributed by atoms with van der Waals surface area (Å²) in [5.41, 5.74) is 0.992. The SMILES string of the molecule is CON=CC1=CCCN([C]=O)C1. The standard InChI is InChI=1S/C8H11N2O2/c1-12-9-5-8-3-2-4-10(6-8)7-11/h3,5H,2,4,6H2,1H3. The van der Waals surface area contributed by atoms with E-state index in [9.17, 15) is 4.79 Å². The lowest BCUT2D eigenvalue weighted by Crippen LogP contribution is -2.28. The number of carbonyl (C=O) groups excluding carboxylic acids is 1. The first kappa shape index (κ1) is 8.77. The molecule has 0 aromatic carbocycles. The predicted octanol–water partition coefficient (Wildman–Crippen LogP) is 0.318. The fourth-order valence-corrected chi connectivity index (χ4v) is 1.06. The maximum Gasteiger partial charge on any atom is 0.312 e. The number of oxime groups is 1. The topological polar surface area (TPSA) is 41.9 Å². The monoisotopic (exact) mass is 167 g/mol. The third-order valence-corrected chi connectivity index (χ3v) is 1.63. The van der Waals surface area contributed by atoms with Crippen LogP contribution in [0.1, 0.15) is 6.42 Å². The Morgan fingerprint density at radius 1 is 1.83 bits per heavy atom. The normalized spacial score (nSPS) is 17.8. The molecule has 0 aliphatic carbocycles. The van der Waals surface area contributed by atoms with Crippen LogP contribution in [-0.4, -0.2) is 37.7 Å². The second kappa shape index (κ2) is 4.54. The molecular formula is C8H11N2O2. The van der Waals surface area contributed by atoms with E-state index >= 15 is 0 Å². The van der Waals surface area contributed by atoms with E-state index in [1.807, 2.05) is 12.5 Å². The van der Waals surface area contributed by atoms with Gasteiger partial charge in [0, 0.05) is 13.1 Å². The van der Waals surface area contributed by atoms with Crippen LogP contribution in [0.5, 0.6) is 0 Å². The number of rotatable bonds is 3. The van der Waals surface area contributed by atoms with E-state index in [-0.39, 0.29) is 0 Å². The molecule has 65 valence electrons. The average molecular weight is 167 g/mol. The molecule has 0 N–H and O–H groups in total. The van der Waals surface area contributed by atoms with Gasteiger partial charge in [0.2, 0.25) is 0 Å². The Hall–Kier alpha value is -1.32. The van der Waals surface area contributed by atoms with Gasteiger partial charge >= 0.3 is 6.41 Å². The first-order chi connectivity index (χ1) is 5.86. The minimum Gasteiger partial charge on any atom is -0.399 e. The van der Waals surface area contributed by atoms with Gasteiger partial charge in [-0.3, -0.25) is 4.79 Å². The number of hydrogen-bond acceptors (Lipinski definition) is 3. The Kier molecular flexibility index (Phi) is 3.32. The van der Waals surface area contributed by atoms with Crippen LogP contribution in [0.15, 0.2) is 16.8 Å². The highest BCUT2D eigenvalue weighted by atomic mass is 16.6. The van der Waals surface area contributed by atoms with Crippen molar-refractivity contribution >= 4 is 12.6 Å². The molecular weight excluding hydrogens is 156 g/mol. The second-order valence-electron chi connectivity index (χ2n) is 2.50. The quantitative estimate of drug-likeness (QED) is 0.448. The Morgan fingerprint density at radius 3 is 3.33 bits per heavy atom. The van der Waals surface area contributed by atoms with E-state index in [4.69, 9.17) is 0 Å². The van der Waals surface area contributed by atoms with E-state index < -0.39 is 0 Å². The van der Waals surface area contributed by atoms with Crippen LogP contribution < -0.4 is 0 Å². The highest BCUT2D eigenvalue weighted by Gasteiger charge is 2.09. The van der Waals surface area contributed by atoms with E-state index in [0.717, 1.165) is 18.5 Å². The third kappa shape index (κ3) is 2.38. The summed E-state index contributed by atoms with van der Waals surface area (Å²) in [4.78, 5) is 16.4. The lowest BCUT2D eigenvalue weighted by Gasteiger charge is -2.19. The van der Waals surface area contributed by atoms with Gasteiger partial charge in [-0.05, 0) is 12.0 Å². The van der Waals surface area contributed by atoms with Gasteiger partial charge in [-0.25, -0.2) is 0 Å². The minimum absolute atomic E-state index is 0.580. The van der Waals surface area contributed by atoms with Crippen LogP contribution in [0.25, 0.3) is 0 Å². The summed E-state index contributed by atoms with van der Waals surface area (Å²) in [5.74, 6) is 0. The van der Waals surface area contributed by atoms with E-state index in [1.54, 1.807) is 11.1 Å². The maximum atomic E-state index is 10.3. The van der Waals surface area contributed by atoms with Gasteiger partial charge in [-0.15, -0.1) is 0 Å². The van der Waals surface area contributed by atoms with Crippen molar-refractivity contribution in [2.75, 3.05) is 20.2 Å². The molecule has 0 saturated heterocycles. The molecule has 0 unspecified atom stereocenters. The summed E-state index contributed by atoms with van der Waals surface area (Å²) < 4.78 is 0. The van der Waals surface area contributed by atoms with Gasteiger partial charge < -0.3 is 9.74 Å². The first-order valence-corrected chi connectivity index (χ1v) is 3.75. The first-order valence-electron chi connectivity index (χ1n) is 3.75. The fraction of sp³-hybridized carbons (Fsp3) is 0.500. The third-order valence-electron chi connectivity index (χ3n) is 1.63. The Labute approximate surface area is 71.5 Å². The Balaban J connectivity index is 2.49. The van der Waals surface area contributed by atoms with Crippen LogP contribution in [0.2, 0.25) is 0 Å². The molecule has 0 aromatic rings.